The van der Waals surface area contributed by atoms with Crippen LogP contribution in [0.1, 0.15) is 6.42 Å². The van der Waals surface area contributed by atoms with Gasteiger partial charge in [0.05, 0.1) is 18.9 Å². The average molecular weight is 309 g/mol. The van der Waals surface area contributed by atoms with Crippen molar-refractivity contribution < 1.29 is 18.3 Å². The van der Waals surface area contributed by atoms with Crippen LogP contribution in [0.15, 0.2) is 40.1 Å². The number of nitrogen functional groups attached to an aromatic ring is 1. The van der Waals surface area contributed by atoms with Crippen molar-refractivity contribution in [2.45, 2.75) is 16.2 Å². The second-order valence-electron chi connectivity index (χ2n) is 4.56. The summed E-state index contributed by atoms with van der Waals surface area (Å²) in [5.74, 6) is -0.103. The molecular weight excluding hydrogens is 296 g/mol. The Balaban J connectivity index is 1.90. The van der Waals surface area contributed by atoms with Gasteiger partial charge in [0.25, 0.3) is 0 Å². The fraction of sp³-hybridized carbons (Fsp3) is 0.200. The molecule has 2 N–H and O–H groups in total. The molecule has 2 aromatic rings. The summed E-state index contributed by atoms with van der Waals surface area (Å²) in [4.78, 5) is 1.11. The lowest BCUT2D eigenvalue weighted by Crippen LogP contribution is -1.97. The molecule has 0 saturated carbocycles. The van der Waals surface area contributed by atoms with E-state index < -0.39 is 11.6 Å². The van der Waals surface area contributed by atoms with Crippen molar-refractivity contribution in [2.75, 3.05) is 18.9 Å². The standard InChI is InChI=1S/C15H13F2NO2S/c16-9-6-11(17)15(18)14(7-9)21-10-2-3-12-13(8-10)20-5-1-4-19-12/h2-3,6-8H,1,4-5,18H2. The van der Waals surface area contributed by atoms with Crippen molar-refractivity contribution in [3.05, 3.63) is 42.0 Å². The number of halogens is 2. The SMILES string of the molecule is Nc1c(F)cc(F)cc1Sc1ccc2c(c1)OCCCO2. The fourth-order valence-corrected chi connectivity index (χ4v) is 2.91. The van der Waals surface area contributed by atoms with Crippen molar-refractivity contribution in [3.63, 3.8) is 0 Å². The van der Waals surface area contributed by atoms with Gasteiger partial charge in [0.1, 0.15) is 11.6 Å². The van der Waals surface area contributed by atoms with E-state index in [1.54, 1.807) is 18.2 Å². The van der Waals surface area contributed by atoms with E-state index in [2.05, 4.69) is 0 Å². The Labute approximate surface area is 125 Å². The third-order valence-electron chi connectivity index (χ3n) is 3.00. The van der Waals surface area contributed by atoms with Crippen LogP contribution < -0.4 is 15.2 Å². The fourth-order valence-electron chi connectivity index (χ4n) is 1.98. The normalized spacial score (nSPS) is 13.8. The van der Waals surface area contributed by atoms with Crippen LogP contribution in [0.4, 0.5) is 14.5 Å². The Morgan fingerprint density at radius 1 is 1.00 bits per heavy atom. The van der Waals surface area contributed by atoms with Crippen molar-refractivity contribution in [3.8, 4) is 11.5 Å². The van der Waals surface area contributed by atoms with Gasteiger partial charge in [-0.2, -0.15) is 0 Å². The molecule has 2 aromatic carbocycles. The van der Waals surface area contributed by atoms with Crippen molar-refractivity contribution >= 4 is 17.4 Å². The molecule has 0 bridgehead atoms. The zero-order valence-electron chi connectivity index (χ0n) is 11.1. The van der Waals surface area contributed by atoms with E-state index >= 15 is 0 Å². The zero-order valence-corrected chi connectivity index (χ0v) is 11.9. The predicted molar refractivity (Wildman–Crippen MR) is 76.9 cm³/mol. The third kappa shape index (κ3) is 3.05. The highest BCUT2D eigenvalue weighted by Crippen LogP contribution is 2.39. The lowest BCUT2D eigenvalue weighted by atomic mass is 10.3. The van der Waals surface area contributed by atoms with E-state index in [-0.39, 0.29) is 5.69 Å². The quantitative estimate of drug-likeness (QED) is 0.856. The van der Waals surface area contributed by atoms with E-state index in [1.165, 1.54) is 17.8 Å². The minimum atomic E-state index is -0.758. The van der Waals surface area contributed by atoms with Gasteiger partial charge in [-0.1, -0.05) is 11.8 Å². The van der Waals surface area contributed by atoms with Crippen molar-refractivity contribution in [1.29, 1.82) is 0 Å². The van der Waals surface area contributed by atoms with Gasteiger partial charge in [-0.15, -0.1) is 0 Å². The van der Waals surface area contributed by atoms with Crippen LogP contribution in [0, 0.1) is 11.6 Å². The molecule has 0 aliphatic carbocycles. The van der Waals surface area contributed by atoms with Crippen LogP contribution in [0.5, 0.6) is 11.5 Å². The van der Waals surface area contributed by atoms with Gasteiger partial charge in [-0.25, -0.2) is 8.78 Å². The predicted octanol–water partition coefficient (Wildman–Crippen LogP) is 3.86. The van der Waals surface area contributed by atoms with E-state index in [0.717, 1.165) is 17.4 Å². The first-order chi connectivity index (χ1) is 10.1. The molecule has 1 aliphatic heterocycles. The van der Waals surface area contributed by atoms with E-state index in [1.807, 2.05) is 0 Å². The molecule has 1 aliphatic rings. The lowest BCUT2D eigenvalue weighted by Gasteiger charge is -2.10. The summed E-state index contributed by atoms with van der Waals surface area (Å²) < 4.78 is 37.9. The second-order valence-corrected chi connectivity index (χ2v) is 5.68. The number of anilines is 1. The number of rotatable bonds is 2. The minimum absolute atomic E-state index is 0.0616. The molecular formula is C15H13F2NO2S. The highest BCUT2D eigenvalue weighted by molar-refractivity contribution is 7.99. The first kappa shape index (κ1) is 14.0. The molecule has 0 amide bonds. The third-order valence-corrected chi connectivity index (χ3v) is 4.05. The molecule has 3 nitrogen and oxygen atoms in total. The Bertz CT molecular complexity index is 679. The van der Waals surface area contributed by atoms with Crippen LogP contribution in [0.3, 0.4) is 0 Å². The molecule has 0 atom stereocenters. The molecule has 0 saturated heterocycles. The Kier molecular flexibility index (Phi) is 3.88. The van der Waals surface area contributed by atoms with Crippen LogP contribution >= 0.6 is 11.8 Å². The molecule has 0 radical (unpaired) electrons. The Morgan fingerprint density at radius 3 is 2.57 bits per heavy atom. The molecule has 1 heterocycles. The largest absolute Gasteiger partial charge is 0.490 e. The summed E-state index contributed by atoms with van der Waals surface area (Å²) in [6.07, 6.45) is 0.819. The van der Waals surface area contributed by atoms with Gasteiger partial charge in [0.15, 0.2) is 11.5 Å². The molecule has 0 aromatic heterocycles. The molecule has 0 unspecified atom stereocenters. The number of hydrogen-bond acceptors (Lipinski definition) is 4. The molecule has 110 valence electrons. The Hall–Kier alpha value is -1.95. The second kappa shape index (κ2) is 5.81. The maximum Gasteiger partial charge on any atom is 0.162 e. The van der Waals surface area contributed by atoms with Gasteiger partial charge < -0.3 is 15.2 Å². The summed E-state index contributed by atoms with van der Waals surface area (Å²) in [5, 5.41) is 0. The van der Waals surface area contributed by atoms with E-state index in [4.69, 9.17) is 15.2 Å². The van der Waals surface area contributed by atoms with Gasteiger partial charge in [-0.3, -0.25) is 0 Å². The smallest absolute Gasteiger partial charge is 0.162 e. The summed E-state index contributed by atoms with van der Waals surface area (Å²) in [6.45, 7) is 1.19. The molecule has 0 spiro atoms. The maximum absolute atomic E-state index is 13.4. The van der Waals surface area contributed by atoms with Gasteiger partial charge in [0, 0.05) is 22.3 Å². The van der Waals surface area contributed by atoms with E-state index in [0.29, 0.717) is 29.6 Å². The minimum Gasteiger partial charge on any atom is -0.490 e. The van der Waals surface area contributed by atoms with Gasteiger partial charge in [0.2, 0.25) is 0 Å². The number of fused-ring (bicyclic) bond motifs is 1. The van der Waals surface area contributed by atoms with Crippen LogP contribution in [-0.2, 0) is 0 Å². The highest BCUT2D eigenvalue weighted by atomic mass is 32.2. The van der Waals surface area contributed by atoms with Gasteiger partial charge in [-0.05, 0) is 24.3 Å². The molecule has 21 heavy (non-hydrogen) atoms. The van der Waals surface area contributed by atoms with Crippen LogP contribution in [0.2, 0.25) is 0 Å². The Morgan fingerprint density at radius 2 is 1.76 bits per heavy atom. The summed E-state index contributed by atoms with van der Waals surface area (Å²) in [6, 6.07) is 7.36. The number of ether oxygens (including phenoxy) is 2. The highest BCUT2D eigenvalue weighted by Gasteiger charge is 2.13. The topological polar surface area (TPSA) is 44.5 Å². The van der Waals surface area contributed by atoms with Gasteiger partial charge >= 0.3 is 0 Å². The van der Waals surface area contributed by atoms with Crippen molar-refractivity contribution in [1.82, 2.24) is 0 Å². The summed E-state index contributed by atoms with van der Waals surface area (Å²) >= 11 is 1.18. The molecule has 0 fully saturated rings. The number of nitrogens with two attached hydrogens (primary N) is 1. The van der Waals surface area contributed by atoms with Crippen LogP contribution in [-0.4, -0.2) is 13.2 Å². The summed E-state index contributed by atoms with van der Waals surface area (Å²) in [5.41, 5.74) is 5.58. The lowest BCUT2D eigenvalue weighted by molar-refractivity contribution is 0.297. The van der Waals surface area contributed by atoms with Crippen molar-refractivity contribution in [2.24, 2.45) is 0 Å². The monoisotopic (exact) mass is 309 g/mol. The maximum atomic E-state index is 13.4. The first-order valence-electron chi connectivity index (χ1n) is 6.45. The zero-order chi connectivity index (χ0) is 14.8. The molecule has 3 rings (SSSR count). The van der Waals surface area contributed by atoms with E-state index in [9.17, 15) is 8.78 Å². The number of hydrogen-bond donors (Lipinski definition) is 1. The van der Waals surface area contributed by atoms with Crippen LogP contribution in [0.25, 0.3) is 0 Å². The molecule has 6 heteroatoms. The average Bonchev–Trinajstić information content (AvgIpc) is 2.69. The number of benzene rings is 2. The summed E-state index contributed by atoms with van der Waals surface area (Å²) in [7, 11) is 0. The first-order valence-corrected chi connectivity index (χ1v) is 7.27.